The molecule has 0 unspecified atom stereocenters. The molecule has 4 nitrogen and oxygen atoms in total. The number of thiazole rings is 1. The SMILES string of the molecule is CCc1nc(Cl)c(C)c(NCc2cscn2)n1. The van der Waals surface area contributed by atoms with Crippen LogP contribution in [0.2, 0.25) is 5.15 Å². The van der Waals surface area contributed by atoms with Crippen LogP contribution >= 0.6 is 22.9 Å². The molecule has 17 heavy (non-hydrogen) atoms. The lowest BCUT2D eigenvalue weighted by Gasteiger charge is -2.09. The number of halogens is 1. The molecule has 0 aromatic carbocycles. The summed E-state index contributed by atoms with van der Waals surface area (Å²) in [6.07, 6.45) is 0.769. The van der Waals surface area contributed by atoms with Crippen molar-refractivity contribution in [3.05, 3.63) is 33.1 Å². The van der Waals surface area contributed by atoms with E-state index in [-0.39, 0.29) is 0 Å². The standard InChI is InChI=1S/C11H13ClN4S/c1-3-9-15-10(12)7(2)11(16-9)13-4-8-5-17-6-14-8/h5-6H,3-4H2,1-2H3,(H,13,15,16). The summed E-state index contributed by atoms with van der Waals surface area (Å²) < 4.78 is 0. The van der Waals surface area contributed by atoms with Crippen molar-refractivity contribution in [1.29, 1.82) is 0 Å². The third-order valence-electron chi connectivity index (χ3n) is 2.37. The molecule has 1 N–H and O–H groups in total. The zero-order valence-corrected chi connectivity index (χ0v) is 11.3. The van der Waals surface area contributed by atoms with Gasteiger partial charge in [-0.1, -0.05) is 18.5 Å². The van der Waals surface area contributed by atoms with E-state index in [1.807, 2.05) is 24.7 Å². The summed E-state index contributed by atoms with van der Waals surface area (Å²) in [5.74, 6) is 1.54. The third kappa shape index (κ3) is 2.92. The Morgan fingerprint density at radius 3 is 2.88 bits per heavy atom. The molecule has 0 spiro atoms. The van der Waals surface area contributed by atoms with Crippen molar-refractivity contribution in [2.75, 3.05) is 5.32 Å². The number of aryl methyl sites for hydroxylation is 1. The zero-order chi connectivity index (χ0) is 12.3. The molecule has 0 saturated heterocycles. The quantitative estimate of drug-likeness (QED) is 0.866. The number of aromatic nitrogens is 3. The lowest BCUT2D eigenvalue weighted by atomic mass is 10.3. The van der Waals surface area contributed by atoms with Crippen LogP contribution in [0.25, 0.3) is 0 Å². The molecule has 0 fully saturated rings. The molecule has 2 aromatic rings. The van der Waals surface area contributed by atoms with E-state index in [0.717, 1.165) is 29.3 Å². The molecule has 0 saturated carbocycles. The molecular formula is C11H13ClN4S. The second kappa shape index (κ2) is 5.42. The van der Waals surface area contributed by atoms with Gasteiger partial charge in [-0.2, -0.15) is 0 Å². The van der Waals surface area contributed by atoms with Crippen LogP contribution in [-0.2, 0) is 13.0 Å². The fourth-order valence-electron chi connectivity index (χ4n) is 1.36. The van der Waals surface area contributed by atoms with Crippen molar-refractivity contribution in [3.63, 3.8) is 0 Å². The Morgan fingerprint density at radius 1 is 1.41 bits per heavy atom. The average molecular weight is 269 g/mol. The van der Waals surface area contributed by atoms with Gasteiger partial charge in [0.2, 0.25) is 0 Å². The lowest BCUT2D eigenvalue weighted by Crippen LogP contribution is -2.07. The van der Waals surface area contributed by atoms with Gasteiger partial charge in [0.25, 0.3) is 0 Å². The zero-order valence-electron chi connectivity index (χ0n) is 9.70. The summed E-state index contributed by atoms with van der Waals surface area (Å²) in [6.45, 7) is 4.57. The van der Waals surface area contributed by atoms with Crippen LogP contribution in [0.4, 0.5) is 5.82 Å². The Kier molecular flexibility index (Phi) is 3.91. The number of hydrogen-bond donors (Lipinski definition) is 1. The maximum atomic E-state index is 6.05. The van der Waals surface area contributed by atoms with Gasteiger partial charge >= 0.3 is 0 Å². The smallest absolute Gasteiger partial charge is 0.137 e. The van der Waals surface area contributed by atoms with Crippen LogP contribution in [0.1, 0.15) is 24.0 Å². The first kappa shape index (κ1) is 12.3. The second-order valence-corrected chi connectivity index (χ2v) is 4.67. The van der Waals surface area contributed by atoms with Gasteiger partial charge in [-0.15, -0.1) is 11.3 Å². The van der Waals surface area contributed by atoms with Crippen LogP contribution in [-0.4, -0.2) is 15.0 Å². The first-order chi connectivity index (χ1) is 8.20. The lowest BCUT2D eigenvalue weighted by molar-refractivity contribution is 0.919. The van der Waals surface area contributed by atoms with Crippen LogP contribution < -0.4 is 5.32 Å². The van der Waals surface area contributed by atoms with E-state index >= 15 is 0 Å². The number of nitrogens with one attached hydrogen (secondary N) is 1. The Hall–Kier alpha value is -1.20. The van der Waals surface area contributed by atoms with Crippen LogP contribution in [0.3, 0.4) is 0 Å². The topological polar surface area (TPSA) is 50.7 Å². The van der Waals surface area contributed by atoms with Crippen molar-refractivity contribution in [2.24, 2.45) is 0 Å². The fraction of sp³-hybridized carbons (Fsp3) is 0.364. The van der Waals surface area contributed by atoms with Gasteiger partial charge in [-0.25, -0.2) is 15.0 Å². The Bertz CT molecular complexity index is 498. The predicted octanol–water partition coefficient (Wildman–Crippen LogP) is 3.07. The molecule has 2 aromatic heterocycles. The summed E-state index contributed by atoms with van der Waals surface area (Å²) in [5.41, 5.74) is 3.69. The molecule has 90 valence electrons. The highest BCUT2D eigenvalue weighted by atomic mass is 35.5. The first-order valence-corrected chi connectivity index (χ1v) is 6.66. The van der Waals surface area contributed by atoms with Gasteiger partial charge in [-0.3, -0.25) is 0 Å². The maximum Gasteiger partial charge on any atom is 0.137 e. The molecule has 2 heterocycles. The first-order valence-electron chi connectivity index (χ1n) is 5.34. The van der Waals surface area contributed by atoms with Crippen molar-refractivity contribution in [2.45, 2.75) is 26.8 Å². The molecule has 2 rings (SSSR count). The Labute approximate surface area is 109 Å². The minimum Gasteiger partial charge on any atom is -0.364 e. The fourth-order valence-corrected chi connectivity index (χ4v) is 2.11. The highest BCUT2D eigenvalue weighted by Crippen LogP contribution is 2.20. The highest BCUT2D eigenvalue weighted by Gasteiger charge is 2.08. The molecule has 0 aliphatic carbocycles. The number of hydrogen-bond acceptors (Lipinski definition) is 5. The summed E-state index contributed by atoms with van der Waals surface area (Å²) in [6, 6.07) is 0. The third-order valence-corrected chi connectivity index (χ3v) is 3.37. The Morgan fingerprint density at radius 2 is 2.24 bits per heavy atom. The van der Waals surface area contributed by atoms with Crippen molar-refractivity contribution in [1.82, 2.24) is 15.0 Å². The van der Waals surface area contributed by atoms with Crippen molar-refractivity contribution in [3.8, 4) is 0 Å². The van der Waals surface area contributed by atoms with E-state index in [9.17, 15) is 0 Å². The molecule has 0 aliphatic heterocycles. The molecule has 0 amide bonds. The van der Waals surface area contributed by atoms with E-state index in [0.29, 0.717) is 11.7 Å². The van der Waals surface area contributed by atoms with Gasteiger partial charge in [0.05, 0.1) is 17.7 Å². The molecule has 0 radical (unpaired) electrons. The van der Waals surface area contributed by atoms with Crippen LogP contribution in [0.5, 0.6) is 0 Å². The monoisotopic (exact) mass is 268 g/mol. The van der Waals surface area contributed by atoms with E-state index in [1.165, 1.54) is 0 Å². The van der Waals surface area contributed by atoms with E-state index in [1.54, 1.807) is 11.3 Å². The van der Waals surface area contributed by atoms with Crippen molar-refractivity contribution < 1.29 is 0 Å². The predicted molar refractivity (Wildman–Crippen MR) is 70.6 cm³/mol. The largest absolute Gasteiger partial charge is 0.364 e. The van der Waals surface area contributed by atoms with E-state index < -0.39 is 0 Å². The van der Waals surface area contributed by atoms with Crippen LogP contribution in [0.15, 0.2) is 10.9 Å². The second-order valence-electron chi connectivity index (χ2n) is 3.59. The summed E-state index contributed by atoms with van der Waals surface area (Å²) in [7, 11) is 0. The number of anilines is 1. The van der Waals surface area contributed by atoms with Gasteiger partial charge in [0.1, 0.15) is 16.8 Å². The van der Waals surface area contributed by atoms with Gasteiger partial charge in [0, 0.05) is 17.4 Å². The number of nitrogens with zero attached hydrogens (tertiary/aromatic N) is 3. The van der Waals surface area contributed by atoms with Gasteiger partial charge < -0.3 is 5.32 Å². The number of rotatable bonds is 4. The summed E-state index contributed by atoms with van der Waals surface area (Å²) in [5, 5.41) is 5.76. The minimum absolute atomic E-state index is 0.512. The normalized spacial score (nSPS) is 10.5. The molecule has 6 heteroatoms. The average Bonchev–Trinajstić information content (AvgIpc) is 2.84. The van der Waals surface area contributed by atoms with Crippen molar-refractivity contribution >= 4 is 28.8 Å². The Balaban J connectivity index is 2.17. The molecule has 0 atom stereocenters. The molecule has 0 bridgehead atoms. The molecular weight excluding hydrogens is 256 g/mol. The maximum absolute atomic E-state index is 6.05. The highest BCUT2D eigenvalue weighted by molar-refractivity contribution is 7.07. The van der Waals surface area contributed by atoms with Gasteiger partial charge in [-0.05, 0) is 6.92 Å². The van der Waals surface area contributed by atoms with Crippen LogP contribution in [0, 0.1) is 6.92 Å². The van der Waals surface area contributed by atoms with E-state index in [4.69, 9.17) is 11.6 Å². The summed E-state index contributed by atoms with van der Waals surface area (Å²) in [4.78, 5) is 12.8. The van der Waals surface area contributed by atoms with E-state index in [2.05, 4.69) is 20.3 Å². The molecule has 0 aliphatic rings. The van der Waals surface area contributed by atoms with Gasteiger partial charge in [0.15, 0.2) is 0 Å². The summed E-state index contributed by atoms with van der Waals surface area (Å²) >= 11 is 7.63. The minimum atomic E-state index is 0.512.